The lowest BCUT2D eigenvalue weighted by Crippen LogP contribution is -2.27. The first-order chi connectivity index (χ1) is 7.42. The van der Waals surface area contributed by atoms with Gasteiger partial charge in [0.15, 0.2) is 0 Å². The molecule has 0 aliphatic carbocycles. The number of nitrogens with zero attached hydrogens (tertiary/aromatic N) is 1. The molecule has 0 fully saturated rings. The van der Waals surface area contributed by atoms with Crippen molar-refractivity contribution in [3.05, 3.63) is 29.3 Å². The van der Waals surface area contributed by atoms with E-state index in [1.807, 2.05) is 39.0 Å². The van der Waals surface area contributed by atoms with Crippen LogP contribution in [0.25, 0.3) is 0 Å². The summed E-state index contributed by atoms with van der Waals surface area (Å²) in [5.74, 6) is 0.839. The Balaban J connectivity index is 3.08. The number of ether oxygens (including phenoxy) is 1. The summed E-state index contributed by atoms with van der Waals surface area (Å²) >= 11 is 0. The molecule has 1 rings (SSSR count). The minimum Gasteiger partial charge on any atom is -0.496 e. The third kappa shape index (κ3) is 2.34. The summed E-state index contributed by atoms with van der Waals surface area (Å²) in [6.45, 7) is 5.66. The lowest BCUT2D eigenvalue weighted by molar-refractivity contribution is 0.390. The Morgan fingerprint density at radius 3 is 2.50 bits per heavy atom. The number of nitrogens with two attached hydrogens (primary N) is 1. The second-order valence-electron chi connectivity index (χ2n) is 4.54. The SMILES string of the molecule is COc1ccc(C(N)C(C)(C)C#N)cc1C. The second kappa shape index (κ2) is 4.54. The molecule has 0 saturated carbocycles. The van der Waals surface area contributed by atoms with Gasteiger partial charge in [0.05, 0.1) is 18.6 Å². The first-order valence-corrected chi connectivity index (χ1v) is 5.23. The molecule has 16 heavy (non-hydrogen) atoms. The van der Waals surface area contributed by atoms with E-state index < -0.39 is 5.41 Å². The predicted octanol–water partition coefficient (Wildman–Crippen LogP) is 2.55. The highest BCUT2D eigenvalue weighted by Crippen LogP contribution is 2.32. The predicted molar refractivity (Wildman–Crippen MR) is 64.1 cm³/mol. The van der Waals surface area contributed by atoms with Crippen molar-refractivity contribution >= 4 is 0 Å². The Labute approximate surface area is 96.8 Å². The Hall–Kier alpha value is -1.53. The normalized spacial score (nSPS) is 13.0. The quantitative estimate of drug-likeness (QED) is 0.848. The van der Waals surface area contributed by atoms with Crippen molar-refractivity contribution in [3.8, 4) is 11.8 Å². The fourth-order valence-electron chi connectivity index (χ4n) is 1.58. The molecule has 0 saturated heterocycles. The van der Waals surface area contributed by atoms with Crippen molar-refractivity contribution in [1.82, 2.24) is 0 Å². The molecule has 3 nitrogen and oxygen atoms in total. The van der Waals surface area contributed by atoms with Gasteiger partial charge in [0.25, 0.3) is 0 Å². The summed E-state index contributed by atoms with van der Waals surface area (Å²) in [6, 6.07) is 7.72. The van der Waals surface area contributed by atoms with Crippen molar-refractivity contribution in [2.75, 3.05) is 7.11 Å². The van der Waals surface area contributed by atoms with Crippen molar-refractivity contribution in [2.45, 2.75) is 26.8 Å². The van der Waals surface area contributed by atoms with E-state index in [2.05, 4.69) is 6.07 Å². The van der Waals surface area contributed by atoms with Crippen LogP contribution in [0.15, 0.2) is 18.2 Å². The molecule has 0 aromatic heterocycles. The van der Waals surface area contributed by atoms with E-state index in [1.54, 1.807) is 7.11 Å². The van der Waals surface area contributed by atoms with E-state index in [0.717, 1.165) is 16.9 Å². The van der Waals surface area contributed by atoms with E-state index in [-0.39, 0.29) is 6.04 Å². The van der Waals surface area contributed by atoms with Gasteiger partial charge in [-0.1, -0.05) is 12.1 Å². The maximum atomic E-state index is 9.04. The molecular formula is C13H18N2O. The summed E-state index contributed by atoms with van der Waals surface area (Å²) < 4.78 is 5.19. The van der Waals surface area contributed by atoms with E-state index >= 15 is 0 Å². The topological polar surface area (TPSA) is 59.0 Å². The number of rotatable bonds is 3. The highest BCUT2D eigenvalue weighted by molar-refractivity contribution is 5.38. The van der Waals surface area contributed by atoms with Crippen molar-refractivity contribution < 1.29 is 4.74 Å². The summed E-state index contributed by atoms with van der Waals surface area (Å²) in [5.41, 5.74) is 7.51. The maximum Gasteiger partial charge on any atom is 0.121 e. The number of nitriles is 1. The monoisotopic (exact) mass is 218 g/mol. The summed E-state index contributed by atoms with van der Waals surface area (Å²) in [7, 11) is 1.64. The van der Waals surface area contributed by atoms with Crippen LogP contribution in [-0.4, -0.2) is 7.11 Å². The van der Waals surface area contributed by atoms with Crippen LogP contribution in [0.3, 0.4) is 0 Å². The summed E-state index contributed by atoms with van der Waals surface area (Å²) in [4.78, 5) is 0. The molecule has 1 aromatic rings. The van der Waals surface area contributed by atoms with Gasteiger partial charge in [-0.25, -0.2) is 0 Å². The van der Waals surface area contributed by atoms with Crippen LogP contribution >= 0.6 is 0 Å². The highest BCUT2D eigenvalue weighted by Gasteiger charge is 2.27. The smallest absolute Gasteiger partial charge is 0.121 e. The van der Waals surface area contributed by atoms with E-state index in [1.165, 1.54) is 0 Å². The maximum absolute atomic E-state index is 9.04. The fourth-order valence-corrected chi connectivity index (χ4v) is 1.58. The molecule has 3 heteroatoms. The molecule has 0 amide bonds. The number of hydrogen-bond donors (Lipinski definition) is 1. The highest BCUT2D eigenvalue weighted by atomic mass is 16.5. The first kappa shape index (κ1) is 12.5. The number of aryl methyl sites for hydroxylation is 1. The minimum atomic E-state index is -0.568. The van der Waals surface area contributed by atoms with Gasteiger partial charge in [-0.15, -0.1) is 0 Å². The number of benzene rings is 1. The third-order valence-electron chi connectivity index (χ3n) is 2.84. The fraction of sp³-hybridized carbons (Fsp3) is 0.462. The van der Waals surface area contributed by atoms with Crippen LogP contribution in [0.1, 0.15) is 31.0 Å². The van der Waals surface area contributed by atoms with Crippen molar-refractivity contribution in [2.24, 2.45) is 11.1 Å². The molecule has 0 spiro atoms. The first-order valence-electron chi connectivity index (χ1n) is 5.23. The van der Waals surface area contributed by atoms with E-state index in [9.17, 15) is 0 Å². The molecule has 2 N–H and O–H groups in total. The van der Waals surface area contributed by atoms with Gasteiger partial charge >= 0.3 is 0 Å². The molecule has 86 valence electrons. The standard InChI is InChI=1S/C13H18N2O/c1-9-7-10(5-6-11(9)16-4)12(15)13(2,3)8-14/h5-7,12H,15H2,1-4H3. The molecule has 1 unspecified atom stereocenters. The number of hydrogen-bond acceptors (Lipinski definition) is 3. The van der Waals surface area contributed by atoms with Crippen molar-refractivity contribution in [1.29, 1.82) is 5.26 Å². The second-order valence-corrected chi connectivity index (χ2v) is 4.54. The Morgan fingerprint density at radius 1 is 1.44 bits per heavy atom. The summed E-state index contributed by atoms with van der Waals surface area (Å²) in [6.07, 6.45) is 0. The van der Waals surface area contributed by atoms with Crippen LogP contribution < -0.4 is 10.5 Å². The van der Waals surface area contributed by atoms with Gasteiger partial charge in [-0.05, 0) is 38.0 Å². The van der Waals surface area contributed by atoms with Crippen LogP contribution in [0.2, 0.25) is 0 Å². The van der Waals surface area contributed by atoms with Crippen LogP contribution in [-0.2, 0) is 0 Å². The molecule has 1 aromatic carbocycles. The van der Waals surface area contributed by atoms with Crippen LogP contribution in [0.5, 0.6) is 5.75 Å². The minimum absolute atomic E-state index is 0.290. The van der Waals surface area contributed by atoms with E-state index in [4.69, 9.17) is 15.7 Å². The summed E-state index contributed by atoms with van der Waals surface area (Å²) in [5, 5.41) is 9.04. The lowest BCUT2D eigenvalue weighted by Gasteiger charge is -2.25. The molecule has 0 radical (unpaired) electrons. The van der Waals surface area contributed by atoms with Gasteiger partial charge in [0, 0.05) is 6.04 Å². The third-order valence-corrected chi connectivity index (χ3v) is 2.84. The molecule has 0 bridgehead atoms. The Kier molecular flexibility index (Phi) is 3.56. The van der Waals surface area contributed by atoms with Gasteiger partial charge in [0.2, 0.25) is 0 Å². The average molecular weight is 218 g/mol. The van der Waals surface area contributed by atoms with Crippen molar-refractivity contribution in [3.63, 3.8) is 0 Å². The zero-order valence-corrected chi connectivity index (χ0v) is 10.2. The van der Waals surface area contributed by atoms with E-state index in [0.29, 0.717) is 0 Å². The zero-order chi connectivity index (χ0) is 12.3. The Morgan fingerprint density at radius 2 is 2.06 bits per heavy atom. The van der Waals surface area contributed by atoms with Gasteiger partial charge in [-0.2, -0.15) is 5.26 Å². The molecular weight excluding hydrogens is 200 g/mol. The largest absolute Gasteiger partial charge is 0.496 e. The van der Waals surface area contributed by atoms with Gasteiger partial charge < -0.3 is 10.5 Å². The van der Waals surface area contributed by atoms with Gasteiger partial charge in [0.1, 0.15) is 5.75 Å². The molecule has 0 aliphatic heterocycles. The molecule has 1 atom stereocenters. The average Bonchev–Trinajstić information content (AvgIpc) is 2.27. The van der Waals surface area contributed by atoms with Crippen LogP contribution in [0, 0.1) is 23.7 Å². The molecule has 0 heterocycles. The van der Waals surface area contributed by atoms with Gasteiger partial charge in [-0.3, -0.25) is 0 Å². The molecule has 0 aliphatic rings. The lowest BCUT2D eigenvalue weighted by atomic mass is 9.82. The zero-order valence-electron chi connectivity index (χ0n) is 10.2. The Bertz CT molecular complexity index is 418. The van der Waals surface area contributed by atoms with Crippen LogP contribution in [0.4, 0.5) is 0 Å². The number of methoxy groups -OCH3 is 1.